The number of hydrogen-bond donors (Lipinski definition) is 0. The third-order valence-corrected chi connectivity index (χ3v) is 7.93. The predicted octanol–water partition coefficient (Wildman–Crippen LogP) is 5.39. The van der Waals surface area contributed by atoms with Crippen LogP contribution in [-0.2, 0) is 22.8 Å². The molecule has 3 aromatic carbocycles. The van der Waals surface area contributed by atoms with Crippen molar-refractivity contribution in [1.29, 1.82) is 0 Å². The molecule has 35 heavy (non-hydrogen) atoms. The van der Waals surface area contributed by atoms with Gasteiger partial charge < -0.3 is 14.0 Å². The van der Waals surface area contributed by atoms with Crippen LogP contribution in [-0.4, -0.2) is 33.0 Å². The Kier molecular flexibility index (Phi) is 7.40. The lowest BCUT2D eigenvalue weighted by molar-refractivity contribution is 0.355. The van der Waals surface area contributed by atoms with Crippen LogP contribution in [0.2, 0.25) is 10.0 Å². The van der Waals surface area contributed by atoms with Gasteiger partial charge in [0.25, 0.3) is 0 Å². The first-order valence-corrected chi connectivity index (χ1v) is 13.1. The van der Waals surface area contributed by atoms with Crippen molar-refractivity contribution in [2.75, 3.05) is 20.0 Å². The fourth-order valence-electron chi connectivity index (χ4n) is 3.84. The summed E-state index contributed by atoms with van der Waals surface area (Å²) in [5.41, 5.74) is 1.65. The molecule has 0 radical (unpaired) electrons. The van der Waals surface area contributed by atoms with E-state index in [4.69, 9.17) is 32.7 Å². The fraction of sp³-hybridized carbons (Fsp3) is 0.192. The first-order valence-electron chi connectivity index (χ1n) is 10.7. The van der Waals surface area contributed by atoms with Gasteiger partial charge in [-0.25, -0.2) is 8.42 Å². The molecular weight excluding hydrogens is 509 g/mol. The highest BCUT2D eigenvalue weighted by Gasteiger charge is 2.23. The van der Waals surface area contributed by atoms with Crippen LogP contribution in [0.3, 0.4) is 0 Å². The quantitative estimate of drug-likeness (QED) is 0.304. The molecule has 0 aliphatic rings. The molecule has 0 fully saturated rings. The molecular formula is C26H23Cl2NO5S. The van der Waals surface area contributed by atoms with Crippen LogP contribution < -0.4 is 14.9 Å². The summed E-state index contributed by atoms with van der Waals surface area (Å²) in [7, 11) is -0.945. The van der Waals surface area contributed by atoms with Gasteiger partial charge in [0.15, 0.2) is 21.3 Å². The molecule has 4 rings (SSSR count). The number of benzene rings is 3. The van der Waals surface area contributed by atoms with Crippen molar-refractivity contribution in [1.82, 2.24) is 4.57 Å². The first kappa shape index (κ1) is 25.1. The summed E-state index contributed by atoms with van der Waals surface area (Å²) in [5, 5.41) is 1.39. The Labute approximate surface area is 213 Å². The summed E-state index contributed by atoms with van der Waals surface area (Å²) in [4.78, 5) is 13.2. The SMILES string of the molecule is COc1cc2c(=O)c(S(=O)(=O)CCc3ccc(Cl)cc3)cn(Cc3ccc(Cl)cc3)c2cc1OC. The second-order valence-electron chi connectivity index (χ2n) is 8.00. The van der Waals surface area contributed by atoms with Gasteiger partial charge in [-0.15, -0.1) is 0 Å². The minimum Gasteiger partial charge on any atom is -0.493 e. The van der Waals surface area contributed by atoms with E-state index in [2.05, 4.69) is 0 Å². The van der Waals surface area contributed by atoms with Gasteiger partial charge in [0.1, 0.15) is 4.90 Å². The molecule has 1 aromatic heterocycles. The Morgan fingerprint density at radius 3 is 1.94 bits per heavy atom. The molecule has 0 saturated heterocycles. The van der Waals surface area contributed by atoms with Crippen molar-refractivity contribution < 1.29 is 17.9 Å². The van der Waals surface area contributed by atoms with E-state index in [0.717, 1.165) is 11.1 Å². The maximum Gasteiger partial charge on any atom is 0.208 e. The third-order valence-electron chi connectivity index (χ3n) is 5.73. The van der Waals surface area contributed by atoms with E-state index in [9.17, 15) is 13.2 Å². The van der Waals surface area contributed by atoms with Gasteiger partial charge in [-0.05, 0) is 47.9 Å². The molecule has 0 aliphatic heterocycles. The summed E-state index contributed by atoms with van der Waals surface area (Å²) >= 11 is 11.9. The maximum absolute atomic E-state index is 13.4. The van der Waals surface area contributed by atoms with Crippen molar-refractivity contribution in [3.63, 3.8) is 0 Å². The molecule has 9 heteroatoms. The topological polar surface area (TPSA) is 74.6 Å². The zero-order valence-electron chi connectivity index (χ0n) is 19.1. The van der Waals surface area contributed by atoms with Crippen LogP contribution in [0.15, 0.2) is 76.6 Å². The molecule has 0 unspecified atom stereocenters. The van der Waals surface area contributed by atoms with Gasteiger partial charge in [0, 0.05) is 28.9 Å². The highest BCUT2D eigenvalue weighted by molar-refractivity contribution is 7.91. The van der Waals surface area contributed by atoms with E-state index in [1.54, 1.807) is 47.0 Å². The Hall–Kier alpha value is -3.00. The van der Waals surface area contributed by atoms with E-state index >= 15 is 0 Å². The monoisotopic (exact) mass is 531 g/mol. The van der Waals surface area contributed by atoms with Crippen LogP contribution in [0.5, 0.6) is 11.5 Å². The number of sulfone groups is 1. The smallest absolute Gasteiger partial charge is 0.208 e. The standard InChI is InChI=1S/C26H23Cl2NO5S/c1-33-23-13-21-22(14-24(23)34-2)29(15-18-5-9-20(28)10-6-18)16-25(26(21)30)35(31,32)12-11-17-3-7-19(27)8-4-17/h3-10,13-14,16H,11-12,15H2,1-2H3. The Morgan fingerprint density at radius 2 is 1.37 bits per heavy atom. The maximum atomic E-state index is 13.4. The van der Waals surface area contributed by atoms with Crippen LogP contribution >= 0.6 is 23.2 Å². The average molecular weight is 532 g/mol. The fourth-order valence-corrected chi connectivity index (χ4v) is 5.50. The lowest BCUT2D eigenvalue weighted by Crippen LogP contribution is -2.22. The van der Waals surface area contributed by atoms with Crippen molar-refractivity contribution in [2.24, 2.45) is 0 Å². The summed E-state index contributed by atoms with van der Waals surface area (Å²) in [6, 6.07) is 17.4. The molecule has 0 aliphatic carbocycles. The Morgan fingerprint density at radius 1 is 0.829 bits per heavy atom. The minimum absolute atomic E-state index is 0.219. The number of nitrogens with zero attached hydrogens (tertiary/aromatic N) is 1. The van der Waals surface area contributed by atoms with Gasteiger partial charge in [0.2, 0.25) is 5.43 Å². The normalized spacial score (nSPS) is 11.5. The molecule has 0 spiro atoms. The number of pyridine rings is 1. The minimum atomic E-state index is -3.91. The van der Waals surface area contributed by atoms with Crippen molar-refractivity contribution >= 4 is 43.9 Å². The van der Waals surface area contributed by atoms with Crippen LogP contribution in [0.1, 0.15) is 11.1 Å². The lowest BCUT2D eigenvalue weighted by atomic mass is 10.1. The highest BCUT2D eigenvalue weighted by Crippen LogP contribution is 2.32. The molecule has 6 nitrogen and oxygen atoms in total. The molecule has 4 aromatic rings. The molecule has 0 saturated carbocycles. The third kappa shape index (κ3) is 5.48. The number of fused-ring (bicyclic) bond motifs is 1. The van der Waals surface area contributed by atoms with Crippen molar-refractivity contribution in [2.45, 2.75) is 17.9 Å². The largest absolute Gasteiger partial charge is 0.493 e. The number of methoxy groups -OCH3 is 2. The van der Waals surface area contributed by atoms with Crippen LogP contribution in [0.4, 0.5) is 0 Å². The first-order chi connectivity index (χ1) is 16.7. The number of rotatable bonds is 8. The highest BCUT2D eigenvalue weighted by atomic mass is 35.5. The van der Waals surface area contributed by atoms with Crippen LogP contribution in [0.25, 0.3) is 10.9 Å². The van der Waals surface area contributed by atoms with Crippen LogP contribution in [0, 0.1) is 0 Å². The summed E-state index contributed by atoms with van der Waals surface area (Å²) < 4.78 is 39.2. The number of aromatic nitrogens is 1. The summed E-state index contributed by atoms with van der Waals surface area (Å²) in [6.07, 6.45) is 1.66. The van der Waals surface area contributed by atoms with E-state index in [0.29, 0.717) is 33.6 Å². The Bertz CT molecular complexity index is 1530. The van der Waals surface area contributed by atoms with Gasteiger partial charge in [-0.3, -0.25) is 4.79 Å². The molecule has 182 valence electrons. The molecule has 0 atom stereocenters. The second-order valence-corrected chi connectivity index (χ2v) is 10.9. The van der Waals surface area contributed by atoms with Gasteiger partial charge >= 0.3 is 0 Å². The van der Waals surface area contributed by atoms with Gasteiger partial charge in [-0.1, -0.05) is 47.5 Å². The van der Waals surface area contributed by atoms with E-state index in [1.807, 2.05) is 12.1 Å². The van der Waals surface area contributed by atoms with E-state index in [-0.39, 0.29) is 22.5 Å². The molecule has 0 bridgehead atoms. The van der Waals surface area contributed by atoms with Crippen molar-refractivity contribution in [3.8, 4) is 11.5 Å². The zero-order chi connectivity index (χ0) is 25.2. The summed E-state index contributed by atoms with van der Waals surface area (Å²) in [5.74, 6) is 0.553. The summed E-state index contributed by atoms with van der Waals surface area (Å²) in [6.45, 7) is 0.323. The zero-order valence-corrected chi connectivity index (χ0v) is 21.5. The molecule has 0 N–H and O–H groups in total. The predicted molar refractivity (Wildman–Crippen MR) is 139 cm³/mol. The lowest BCUT2D eigenvalue weighted by Gasteiger charge is -2.16. The molecule has 0 amide bonds. The van der Waals surface area contributed by atoms with E-state index in [1.165, 1.54) is 26.5 Å². The number of aryl methyl sites for hydroxylation is 1. The average Bonchev–Trinajstić information content (AvgIpc) is 2.85. The van der Waals surface area contributed by atoms with Crippen molar-refractivity contribution in [3.05, 3.63) is 98.3 Å². The number of ether oxygens (including phenoxy) is 2. The molecule has 1 heterocycles. The second kappa shape index (κ2) is 10.3. The van der Waals surface area contributed by atoms with Gasteiger partial charge in [-0.2, -0.15) is 0 Å². The number of hydrogen-bond acceptors (Lipinski definition) is 5. The Balaban J connectivity index is 1.84. The van der Waals surface area contributed by atoms with E-state index < -0.39 is 15.3 Å². The van der Waals surface area contributed by atoms with Gasteiger partial charge in [0.05, 0.1) is 30.9 Å². The number of halogens is 2.